The van der Waals surface area contributed by atoms with Gasteiger partial charge in [0.2, 0.25) is 0 Å². The number of Topliss-reactive ketones (excluding diaryl/α,β-unsaturated/α-hetero) is 1. The summed E-state index contributed by atoms with van der Waals surface area (Å²) < 4.78 is 5.74. The molecule has 0 aromatic rings. The zero-order chi connectivity index (χ0) is 12.3. The molecule has 2 aliphatic rings. The van der Waals surface area contributed by atoms with E-state index in [-0.39, 0.29) is 18.1 Å². The summed E-state index contributed by atoms with van der Waals surface area (Å²) in [5, 5.41) is 0. The van der Waals surface area contributed by atoms with Gasteiger partial charge in [0, 0.05) is 12.5 Å². The first-order chi connectivity index (χ1) is 8.26. The standard InChI is InChI=1S/C14H25NO2/c1-2-10-5-3-4-6-12(10)14(16)13-8-7-11(9-15)17-13/h10-13H,2-9,15H2,1H3. The molecule has 2 N–H and O–H groups in total. The Labute approximate surface area is 104 Å². The van der Waals surface area contributed by atoms with Crippen LogP contribution in [-0.4, -0.2) is 24.5 Å². The molecule has 17 heavy (non-hydrogen) atoms. The first-order valence-corrected chi connectivity index (χ1v) is 7.15. The molecular formula is C14H25NO2. The highest BCUT2D eigenvalue weighted by atomic mass is 16.5. The third kappa shape index (κ3) is 2.89. The SMILES string of the molecule is CCC1CCCCC1C(=O)C1CCC(CN)O1. The molecule has 0 bridgehead atoms. The Kier molecular flexibility index (Phi) is 4.57. The summed E-state index contributed by atoms with van der Waals surface area (Å²) in [7, 11) is 0. The summed E-state index contributed by atoms with van der Waals surface area (Å²) in [6.07, 6.45) is 7.73. The van der Waals surface area contributed by atoms with Crippen LogP contribution in [0.4, 0.5) is 0 Å². The molecule has 3 heteroatoms. The molecule has 3 nitrogen and oxygen atoms in total. The normalized spacial score (nSPS) is 38.2. The van der Waals surface area contributed by atoms with E-state index in [4.69, 9.17) is 10.5 Å². The van der Waals surface area contributed by atoms with Crippen molar-refractivity contribution in [3.8, 4) is 0 Å². The van der Waals surface area contributed by atoms with Crippen LogP contribution in [0.25, 0.3) is 0 Å². The van der Waals surface area contributed by atoms with Crippen LogP contribution in [0, 0.1) is 11.8 Å². The van der Waals surface area contributed by atoms with Crippen LogP contribution >= 0.6 is 0 Å². The van der Waals surface area contributed by atoms with Crippen molar-refractivity contribution in [2.45, 2.75) is 64.1 Å². The lowest BCUT2D eigenvalue weighted by Crippen LogP contribution is -2.35. The van der Waals surface area contributed by atoms with E-state index in [2.05, 4.69) is 6.92 Å². The Morgan fingerprint density at radius 3 is 2.65 bits per heavy atom. The Balaban J connectivity index is 1.94. The first kappa shape index (κ1) is 13.0. The topological polar surface area (TPSA) is 52.3 Å². The van der Waals surface area contributed by atoms with E-state index in [1.54, 1.807) is 0 Å². The van der Waals surface area contributed by atoms with Gasteiger partial charge in [-0.15, -0.1) is 0 Å². The maximum Gasteiger partial charge on any atom is 0.164 e. The highest BCUT2D eigenvalue weighted by Crippen LogP contribution is 2.35. The molecule has 0 radical (unpaired) electrons. The molecule has 4 atom stereocenters. The Hall–Kier alpha value is -0.410. The summed E-state index contributed by atoms with van der Waals surface area (Å²) in [4.78, 5) is 12.5. The van der Waals surface area contributed by atoms with Crippen LogP contribution in [0.5, 0.6) is 0 Å². The van der Waals surface area contributed by atoms with Gasteiger partial charge in [-0.05, 0) is 31.6 Å². The van der Waals surface area contributed by atoms with Crippen molar-refractivity contribution in [1.29, 1.82) is 0 Å². The lowest BCUT2D eigenvalue weighted by atomic mass is 9.74. The fraction of sp³-hybridized carbons (Fsp3) is 0.929. The average Bonchev–Trinajstić information content (AvgIpc) is 2.86. The molecule has 1 saturated carbocycles. The van der Waals surface area contributed by atoms with Gasteiger partial charge in [0.1, 0.15) is 6.10 Å². The second-order valence-corrected chi connectivity index (χ2v) is 5.52. The van der Waals surface area contributed by atoms with Crippen LogP contribution in [0.1, 0.15) is 51.9 Å². The molecule has 0 amide bonds. The lowest BCUT2D eigenvalue weighted by molar-refractivity contribution is -0.136. The van der Waals surface area contributed by atoms with Crippen LogP contribution in [-0.2, 0) is 9.53 Å². The number of ether oxygens (including phenoxy) is 1. The quantitative estimate of drug-likeness (QED) is 0.819. The van der Waals surface area contributed by atoms with E-state index in [0.29, 0.717) is 18.2 Å². The van der Waals surface area contributed by atoms with Gasteiger partial charge in [-0.3, -0.25) is 4.79 Å². The predicted octanol–water partition coefficient (Wildman–Crippen LogP) is 2.28. The largest absolute Gasteiger partial charge is 0.366 e. The number of ketones is 1. The predicted molar refractivity (Wildman–Crippen MR) is 67.7 cm³/mol. The summed E-state index contributed by atoms with van der Waals surface area (Å²) in [6, 6.07) is 0. The molecule has 0 aromatic heterocycles. The Morgan fingerprint density at radius 1 is 1.24 bits per heavy atom. The van der Waals surface area contributed by atoms with Crippen molar-refractivity contribution in [2.75, 3.05) is 6.54 Å². The fourth-order valence-corrected chi connectivity index (χ4v) is 3.40. The second-order valence-electron chi connectivity index (χ2n) is 5.52. The molecule has 2 fully saturated rings. The number of carbonyl (C=O) groups is 1. The van der Waals surface area contributed by atoms with E-state index in [1.165, 1.54) is 19.3 Å². The minimum atomic E-state index is -0.152. The van der Waals surface area contributed by atoms with E-state index < -0.39 is 0 Å². The summed E-state index contributed by atoms with van der Waals surface area (Å²) in [5.41, 5.74) is 5.59. The van der Waals surface area contributed by atoms with Crippen LogP contribution in [0.2, 0.25) is 0 Å². The lowest BCUT2D eigenvalue weighted by Gasteiger charge is -2.31. The summed E-state index contributed by atoms with van der Waals surface area (Å²) in [5.74, 6) is 1.22. The van der Waals surface area contributed by atoms with Crippen molar-refractivity contribution in [3.63, 3.8) is 0 Å². The maximum atomic E-state index is 12.5. The monoisotopic (exact) mass is 239 g/mol. The van der Waals surface area contributed by atoms with Gasteiger partial charge >= 0.3 is 0 Å². The molecule has 2 rings (SSSR count). The maximum absolute atomic E-state index is 12.5. The van der Waals surface area contributed by atoms with Gasteiger partial charge in [0.05, 0.1) is 6.10 Å². The Morgan fingerprint density at radius 2 is 2.00 bits per heavy atom. The van der Waals surface area contributed by atoms with Crippen molar-refractivity contribution in [1.82, 2.24) is 0 Å². The minimum absolute atomic E-state index is 0.118. The van der Waals surface area contributed by atoms with Crippen molar-refractivity contribution >= 4 is 5.78 Å². The highest BCUT2D eigenvalue weighted by molar-refractivity contribution is 5.86. The highest BCUT2D eigenvalue weighted by Gasteiger charge is 2.37. The molecular weight excluding hydrogens is 214 g/mol. The zero-order valence-electron chi connectivity index (χ0n) is 10.9. The van der Waals surface area contributed by atoms with Gasteiger partial charge in [-0.25, -0.2) is 0 Å². The molecule has 1 aliphatic heterocycles. The van der Waals surface area contributed by atoms with Crippen molar-refractivity contribution in [2.24, 2.45) is 17.6 Å². The zero-order valence-corrected chi connectivity index (χ0v) is 10.9. The van der Waals surface area contributed by atoms with Gasteiger partial charge < -0.3 is 10.5 Å². The van der Waals surface area contributed by atoms with E-state index >= 15 is 0 Å². The number of carbonyl (C=O) groups excluding carboxylic acids is 1. The van der Waals surface area contributed by atoms with Gasteiger partial charge in [0.25, 0.3) is 0 Å². The van der Waals surface area contributed by atoms with Crippen molar-refractivity contribution in [3.05, 3.63) is 0 Å². The number of rotatable bonds is 4. The summed E-state index contributed by atoms with van der Waals surface area (Å²) in [6.45, 7) is 2.75. The van der Waals surface area contributed by atoms with Crippen LogP contribution < -0.4 is 5.73 Å². The smallest absolute Gasteiger partial charge is 0.164 e. The van der Waals surface area contributed by atoms with Crippen LogP contribution in [0.15, 0.2) is 0 Å². The number of hydrogen-bond donors (Lipinski definition) is 1. The third-order valence-electron chi connectivity index (χ3n) is 4.49. The van der Waals surface area contributed by atoms with E-state index in [0.717, 1.165) is 25.7 Å². The molecule has 4 unspecified atom stereocenters. The van der Waals surface area contributed by atoms with Gasteiger partial charge in [0.15, 0.2) is 5.78 Å². The third-order valence-corrected chi connectivity index (χ3v) is 4.49. The fourth-order valence-electron chi connectivity index (χ4n) is 3.40. The molecule has 0 aromatic carbocycles. The molecule has 1 aliphatic carbocycles. The number of nitrogens with two attached hydrogens (primary N) is 1. The molecule has 0 spiro atoms. The minimum Gasteiger partial charge on any atom is -0.366 e. The Bertz CT molecular complexity index is 267. The number of hydrogen-bond acceptors (Lipinski definition) is 3. The van der Waals surface area contributed by atoms with Gasteiger partial charge in [-0.2, -0.15) is 0 Å². The molecule has 1 saturated heterocycles. The van der Waals surface area contributed by atoms with Gasteiger partial charge in [-0.1, -0.05) is 26.2 Å². The van der Waals surface area contributed by atoms with E-state index in [9.17, 15) is 4.79 Å². The average molecular weight is 239 g/mol. The van der Waals surface area contributed by atoms with E-state index in [1.807, 2.05) is 0 Å². The summed E-state index contributed by atoms with van der Waals surface area (Å²) >= 11 is 0. The van der Waals surface area contributed by atoms with Crippen LogP contribution in [0.3, 0.4) is 0 Å². The molecule has 1 heterocycles. The molecule has 98 valence electrons. The van der Waals surface area contributed by atoms with Crippen molar-refractivity contribution < 1.29 is 9.53 Å². The second kappa shape index (κ2) is 5.96. The first-order valence-electron chi connectivity index (χ1n) is 7.15.